The van der Waals surface area contributed by atoms with Gasteiger partial charge in [-0.3, -0.25) is 10.1 Å². The van der Waals surface area contributed by atoms with Crippen molar-refractivity contribution in [2.24, 2.45) is 0 Å². The molecule has 2 amide bonds. The van der Waals surface area contributed by atoms with Crippen LogP contribution in [-0.2, 0) is 0 Å². The molecule has 0 atom stereocenters. The van der Waals surface area contributed by atoms with Crippen molar-refractivity contribution in [3.8, 4) is 0 Å². The first kappa shape index (κ1) is 12.4. The Morgan fingerprint density at radius 3 is 2.75 bits per heavy atom. The van der Waals surface area contributed by atoms with Crippen LogP contribution in [-0.4, -0.2) is 17.5 Å². The number of hydrogen-bond acceptors (Lipinski definition) is 3. The highest BCUT2D eigenvalue weighted by Crippen LogP contribution is 2.26. The summed E-state index contributed by atoms with van der Waals surface area (Å²) in [5.41, 5.74) is 0.449. The number of anilines is 1. The number of nitro benzene ring substituents is 1. The van der Waals surface area contributed by atoms with Crippen molar-refractivity contribution in [3.05, 3.63) is 32.8 Å². The number of benzene rings is 1. The molecule has 0 aliphatic heterocycles. The minimum atomic E-state index is -0.499. The summed E-state index contributed by atoms with van der Waals surface area (Å²) in [5.74, 6) is 0. The van der Waals surface area contributed by atoms with Crippen LogP contribution in [0.5, 0.6) is 0 Å². The fourth-order valence-electron chi connectivity index (χ4n) is 1.05. The molecule has 16 heavy (non-hydrogen) atoms. The van der Waals surface area contributed by atoms with E-state index in [1.165, 1.54) is 18.2 Å². The second-order valence-corrected chi connectivity index (χ2v) is 3.76. The highest BCUT2D eigenvalue weighted by Gasteiger charge is 2.10. The van der Waals surface area contributed by atoms with Crippen LogP contribution in [0.4, 0.5) is 16.2 Å². The first-order valence-corrected chi connectivity index (χ1v) is 5.32. The zero-order valence-corrected chi connectivity index (χ0v) is 10.1. The maximum Gasteiger partial charge on any atom is 0.319 e. The number of carbonyl (C=O) groups excluding carboxylic acids is 1. The summed E-state index contributed by atoms with van der Waals surface area (Å²) in [6.45, 7) is 2.31. The number of rotatable bonds is 3. The standard InChI is InChI=1S/C9H10BrN3O3/c1-2-11-9(14)12-8-4-3-6(13(15)16)5-7(8)10/h3-5H,2H2,1H3,(H2,11,12,14). The third kappa shape index (κ3) is 3.20. The molecule has 0 aromatic heterocycles. The number of nitro groups is 1. The molecule has 1 aromatic carbocycles. The number of amides is 2. The Hall–Kier alpha value is -1.63. The fraction of sp³-hybridized carbons (Fsp3) is 0.222. The predicted molar refractivity (Wildman–Crippen MR) is 63.5 cm³/mol. The molecular weight excluding hydrogens is 278 g/mol. The third-order valence-corrected chi connectivity index (χ3v) is 2.41. The Balaban J connectivity index is 2.83. The topological polar surface area (TPSA) is 84.3 Å². The molecule has 2 N–H and O–H groups in total. The molecule has 0 saturated heterocycles. The van der Waals surface area contributed by atoms with E-state index in [-0.39, 0.29) is 11.7 Å². The van der Waals surface area contributed by atoms with Crippen molar-refractivity contribution in [2.75, 3.05) is 11.9 Å². The van der Waals surface area contributed by atoms with Crippen molar-refractivity contribution >= 4 is 33.3 Å². The average molecular weight is 288 g/mol. The molecule has 0 radical (unpaired) electrons. The molecular formula is C9H10BrN3O3. The number of halogens is 1. The van der Waals surface area contributed by atoms with Gasteiger partial charge in [-0.15, -0.1) is 0 Å². The number of nitrogens with zero attached hydrogens (tertiary/aromatic N) is 1. The van der Waals surface area contributed by atoms with Crippen molar-refractivity contribution in [2.45, 2.75) is 6.92 Å². The van der Waals surface area contributed by atoms with Gasteiger partial charge in [-0.2, -0.15) is 0 Å². The van der Waals surface area contributed by atoms with E-state index in [2.05, 4.69) is 26.6 Å². The molecule has 7 heteroatoms. The summed E-state index contributed by atoms with van der Waals surface area (Å²) in [5, 5.41) is 15.6. The highest BCUT2D eigenvalue weighted by molar-refractivity contribution is 9.10. The Labute approximate surface area is 100 Å². The van der Waals surface area contributed by atoms with Gasteiger partial charge >= 0.3 is 6.03 Å². The monoisotopic (exact) mass is 287 g/mol. The van der Waals surface area contributed by atoms with E-state index in [4.69, 9.17) is 0 Å². The van der Waals surface area contributed by atoms with Gasteiger partial charge < -0.3 is 10.6 Å². The van der Waals surface area contributed by atoms with Gasteiger partial charge in [-0.05, 0) is 28.9 Å². The van der Waals surface area contributed by atoms with E-state index in [9.17, 15) is 14.9 Å². The summed E-state index contributed by atoms with van der Waals surface area (Å²) in [6, 6.07) is 3.78. The molecule has 0 aliphatic carbocycles. The minimum Gasteiger partial charge on any atom is -0.338 e. The summed E-state index contributed by atoms with van der Waals surface area (Å²) in [4.78, 5) is 21.2. The van der Waals surface area contributed by atoms with E-state index >= 15 is 0 Å². The van der Waals surface area contributed by atoms with Crippen LogP contribution in [0.2, 0.25) is 0 Å². The Morgan fingerprint density at radius 2 is 2.25 bits per heavy atom. The quantitative estimate of drug-likeness (QED) is 0.662. The summed E-state index contributed by atoms with van der Waals surface area (Å²) in [6.07, 6.45) is 0. The second-order valence-electron chi connectivity index (χ2n) is 2.91. The van der Waals surface area contributed by atoms with E-state index in [1.54, 1.807) is 6.92 Å². The number of urea groups is 1. The van der Waals surface area contributed by atoms with Gasteiger partial charge in [0, 0.05) is 23.2 Å². The number of carbonyl (C=O) groups is 1. The number of nitrogens with one attached hydrogen (secondary N) is 2. The highest BCUT2D eigenvalue weighted by atomic mass is 79.9. The van der Waals surface area contributed by atoms with Crippen molar-refractivity contribution < 1.29 is 9.72 Å². The van der Waals surface area contributed by atoms with Gasteiger partial charge in [0.2, 0.25) is 0 Å². The Bertz CT molecular complexity index is 422. The molecule has 0 unspecified atom stereocenters. The predicted octanol–water partition coefficient (Wildman–Crippen LogP) is 2.50. The molecule has 6 nitrogen and oxygen atoms in total. The van der Waals surface area contributed by atoms with E-state index in [0.717, 1.165) is 0 Å². The van der Waals surface area contributed by atoms with Gasteiger partial charge in [-0.1, -0.05) is 0 Å². The third-order valence-electron chi connectivity index (χ3n) is 1.75. The van der Waals surface area contributed by atoms with E-state index in [0.29, 0.717) is 16.7 Å². The van der Waals surface area contributed by atoms with Crippen LogP contribution >= 0.6 is 15.9 Å². The molecule has 0 bridgehead atoms. The molecule has 1 aromatic rings. The molecule has 0 fully saturated rings. The van der Waals surface area contributed by atoms with Crippen LogP contribution in [0.1, 0.15) is 6.92 Å². The zero-order chi connectivity index (χ0) is 12.1. The molecule has 0 aliphatic rings. The van der Waals surface area contributed by atoms with Gasteiger partial charge in [-0.25, -0.2) is 4.79 Å². The Morgan fingerprint density at radius 1 is 1.56 bits per heavy atom. The zero-order valence-electron chi connectivity index (χ0n) is 8.49. The summed E-state index contributed by atoms with van der Waals surface area (Å²) in [7, 11) is 0. The summed E-state index contributed by atoms with van der Waals surface area (Å²) < 4.78 is 0.466. The first-order valence-electron chi connectivity index (χ1n) is 4.53. The smallest absolute Gasteiger partial charge is 0.319 e. The normalized spacial score (nSPS) is 9.62. The lowest BCUT2D eigenvalue weighted by atomic mass is 10.3. The van der Waals surface area contributed by atoms with Gasteiger partial charge in [0.1, 0.15) is 0 Å². The largest absolute Gasteiger partial charge is 0.338 e. The minimum absolute atomic E-state index is 0.0340. The second kappa shape index (κ2) is 5.45. The lowest BCUT2D eigenvalue weighted by Crippen LogP contribution is -2.28. The van der Waals surface area contributed by atoms with Crippen LogP contribution < -0.4 is 10.6 Å². The molecule has 0 heterocycles. The maximum atomic E-state index is 11.2. The lowest BCUT2D eigenvalue weighted by molar-refractivity contribution is -0.384. The van der Waals surface area contributed by atoms with Crippen molar-refractivity contribution in [3.63, 3.8) is 0 Å². The molecule has 1 rings (SSSR count). The van der Waals surface area contributed by atoms with Crippen LogP contribution in [0.25, 0.3) is 0 Å². The molecule has 0 spiro atoms. The molecule has 86 valence electrons. The van der Waals surface area contributed by atoms with Crippen molar-refractivity contribution in [1.82, 2.24) is 5.32 Å². The van der Waals surface area contributed by atoms with Crippen LogP contribution in [0.3, 0.4) is 0 Å². The van der Waals surface area contributed by atoms with Gasteiger partial charge in [0.05, 0.1) is 10.6 Å². The van der Waals surface area contributed by atoms with Crippen LogP contribution in [0, 0.1) is 10.1 Å². The van der Waals surface area contributed by atoms with Gasteiger partial charge in [0.25, 0.3) is 5.69 Å². The average Bonchev–Trinajstić information content (AvgIpc) is 2.21. The Kier molecular flexibility index (Phi) is 4.24. The fourth-order valence-corrected chi connectivity index (χ4v) is 1.51. The number of non-ortho nitro benzene ring substituents is 1. The maximum absolute atomic E-state index is 11.2. The summed E-state index contributed by atoms with van der Waals surface area (Å²) >= 11 is 3.15. The SMILES string of the molecule is CCNC(=O)Nc1ccc([N+](=O)[O-])cc1Br. The number of hydrogen-bond donors (Lipinski definition) is 2. The van der Waals surface area contributed by atoms with Crippen molar-refractivity contribution in [1.29, 1.82) is 0 Å². The van der Waals surface area contributed by atoms with Gasteiger partial charge in [0.15, 0.2) is 0 Å². The van der Waals surface area contributed by atoms with E-state index in [1.807, 2.05) is 0 Å². The van der Waals surface area contributed by atoms with Crippen LogP contribution in [0.15, 0.2) is 22.7 Å². The molecule has 0 saturated carbocycles. The lowest BCUT2D eigenvalue weighted by Gasteiger charge is -2.07. The van der Waals surface area contributed by atoms with E-state index < -0.39 is 4.92 Å². The first-order chi connectivity index (χ1) is 7.54.